The van der Waals surface area contributed by atoms with Crippen molar-refractivity contribution in [3.05, 3.63) is 18.0 Å². The predicted octanol–water partition coefficient (Wildman–Crippen LogP) is 0.224. The Bertz CT molecular complexity index is 429. The molecule has 1 aromatic heterocycles. The third-order valence-electron chi connectivity index (χ3n) is 3.10. The number of rotatable bonds is 8. The molecule has 0 aliphatic rings. The quantitative estimate of drug-likeness (QED) is 0.408. The highest BCUT2D eigenvalue weighted by Crippen LogP contribution is 2.17. The lowest BCUT2D eigenvalue weighted by Crippen LogP contribution is -2.39. The molecule has 0 spiro atoms. The molecule has 1 aromatic rings. The summed E-state index contributed by atoms with van der Waals surface area (Å²) in [6.45, 7) is 4.95. The Balaban J connectivity index is 2.69. The maximum Gasteiger partial charge on any atom is 0.191 e. The van der Waals surface area contributed by atoms with Gasteiger partial charge >= 0.3 is 0 Å². The Morgan fingerprint density at radius 1 is 1.48 bits per heavy atom. The van der Waals surface area contributed by atoms with Gasteiger partial charge in [-0.2, -0.15) is 5.10 Å². The van der Waals surface area contributed by atoms with Crippen LogP contribution >= 0.6 is 0 Å². The molecule has 1 rings (SSSR count). The Labute approximate surface area is 127 Å². The van der Waals surface area contributed by atoms with Gasteiger partial charge in [-0.25, -0.2) is 0 Å². The smallest absolute Gasteiger partial charge is 0.191 e. The molecule has 0 amide bonds. The van der Waals surface area contributed by atoms with Crippen LogP contribution in [0.1, 0.15) is 18.5 Å². The van der Waals surface area contributed by atoms with Crippen molar-refractivity contribution in [3.63, 3.8) is 0 Å². The highest BCUT2D eigenvalue weighted by molar-refractivity contribution is 5.79. The molecule has 7 heteroatoms. The lowest BCUT2D eigenvalue weighted by molar-refractivity contribution is 0.203. The fourth-order valence-corrected chi connectivity index (χ4v) is 1.97. The van der Waals surface area contributed by atoms with Crippen LogP contribution in [0.4, 0.5) is 0 Å². The molecule has 1 atom stereocenters. The number of nitrogens with zero attached hydrogens (tertiary/aromatic N) is 4. The van der Waals surface area contributed by atoms with E-state index in [1.165, 1.54) is 5.56 Å². The first-order chi connectivity index (χ1) is 10.1. The number of aromatic nitrogens is 2. The molecule has 1 heterocycles. The van der Waals surface area contributed by atoms with Crippen LogP contribution in [0.25, 0.3) is 0 Å². The van der Waals surface area contributed by atoms with Crippen LogP contribution in [0.15, 0.2) is 17.4 Å². The largest absolute Gasteiger partial charge is 0.383 e. The molecule has 0 fully saturated rings. The predicted molar refractivity (Wildman–Crippen MR) is 85.5 cm³/mol. The SMILES string of the molecule is CCNC(=NCC(c1cnn(C)c1)N(C)C)NCCOC. The second-order valence-electron chi connectivity index (χ2n) is 5.07. The average molecular weight is 296 g/mol. The minimum Gasteiger partial charge on any atom is -0.383 e. The molecule has 1 unspecified atom stereocenters. The number of aliphatic imine (C=N–C) groups is 1. The normalized spacial score (nSPS) is 13.5. The zero-order chi connectivity index (χ0) is 15.7. The van der Waals surface area contributed by atoms with E-state index in [9.17, 15) is 0 Å². The Morgan fingerprint density at radius 2 is 2.24 bits per heavy atom. The number of methoxy groups -OCH3 is 1. The summed E-state index contributed by atoms with van der Waals surface area (Å²) < 4.78 is 6.86. The first-order valence-corrected chi connectivity index (χ1v) is 7.24. The minimum absolute atomic E-state index is 0.205. The zero-order valence-corrected chi connectivity index (χ0v) is 13.8. The molecule has 0 bridgehead atoms. The zero-order valence-electron chi connectivity index (χ0n) is 13.8. The molecule has 120 valence electrons. The first-order valence-electron chi connectivity index (χ1n) is 7.24. The van der Waals surface area contributed by atoms with Gasteiger partial charge in [0.15, 0.2) is 5.96 Å². The molecule has 7 nitrogen and oxygen atoms in total. The van der Waals surface area contributed by atoms with E-state index >= 15 is 0 Å². The van der Waals surface area contributed by atoms with Crippen LogP contribution in [0, 0.1) is 0 Å². The van der Waals surface area contributed by atoms with Crippen molar-refractivity contribution in [2.75, 3.05) is 47.4 Å². The second-order valence-corrected chi connectivity index (χ2v) is 5.07. The van der Waals surface area contributed by atoms with E-state index in [4.69, 9.17) is 4.74 Å². The summed E-state index contributed by atoms with van der Waals surface area (Å²) in [7, 11) is 7.73. The number of aryl methyl sites for hydroxylation is 1. The van der Waals surface area contributed by atoms with Crippen molar-refractivity contribution in [3.8, 4) is 0 Å². The fraction of sp³-hybridized carbons (Fsp3) is 0.714. The van der Waals surface area contributed by atoms with E-state index in [0.717, 1.165) is 19.0 Å². The lowest BCUT2D eigenvalue weighted by Gasteiger charge is -2.22. The lowest BCUT2D eigenvalue weighted by atomic mass is 10.1. The third-order valence-corrected chi connectivity index (χ3v) is 3.10. The van der Waals surface area contributed by atoms with Gasteiger partial charge in [0.2, 0.25) is 0 Å². The fourth-order valence-electron chi connectivity index (χ4n) is 1.97. The number of nitrogens with one attached hydrogen (secondary N) is 2. The molecule has 21 heavy (non-hydrogen) atoms. The van der Waals surface area contributed by atoms with Crippen molar-refractivity contribution in [1.29, 1.82) is 0 Å². The molecular weight excluding hydrogens is 268 g/mol. The maximum absolute atomic E-state index is 5.04. The molecule has 0 aliphatic carbocycles. The molecule has 2 N–H and O–H groups in total. The van der Waals surface area contributed by atoms with Gasteiger partial charge in [0.05, 0.1) is 25.4 Å². The van der Waals surface area contributed by atoms with Crippen molar-refractivity contribution in [2.24, 2.45) is 12.0 Å². The van der Waals surface area contributed by atoms with Gasteiger partial charge < -0.3 is 20.3 Å². The van der Waals surface area contributed by atoms with Crippen molar-refractivity contribution >= 4 is 5.96 Å². The van der Waals surface area contributed by atoms with Crippen LogP contribution in [0.2, 0.25) is 0 Å². The number of likely N-dealkylation sites (N-methyl/N-ethyl adjacent to an activating group) is 1. The molecule has 0 aliphatic heterocycles. The van der Waals surface area contributed by atoms with Crippen molar-refractivity contribution < 1.29 is 4.74 Å². The minimum atomic E-state index is 0.205. The molecule has 0 saturated carbocycles. The van der Waals surface area contributed by atoms with Gasteiger partial charge in [0, 0.05) is 39.0 Å². The van der Waals surface area contributed by atoms with Crippen molar-refractivity contribution in [1.82, 2.24) is 25.3 Å². The summed E-state index contributed by atoms with van der Waals surface area (Å²) in [5.74, 6) is 0.810. The van der Waals surface area contributed by atoms with Crippen LogP contribution in [0.5, 0.6) is 0 Å². The van der Waals surface area contributed by atoms with E-state index in [-0.39, 0.29) is 6.04 Å². The average Bonchev–Trinajstić information content (AvgIpc) is 2.85. The van der Waals surface area contributed by atoms with Crippen LogP contribution in [0.3, 0.4) is 0 Å². The second kappa shape index (κ2) is 9.36. The van der Waals surface area contributed by atoms with E-state index < -0.39 is 0 Å². The monoisotopic (exact) mass is 296 g/mol. The van der Waals surface area contributed by atoms with Crippen LogP contribution in [-0.2, 0) is 11.8 Å². The van der Waals surface area contributed by atoms with Gasteiger partial charge in [-0.1, -0.05) is 0 Å². The number of ether oxygens (including phenoxy) is 1. The van der Waals surface area contributed by atoms with E-state index in [2.05, 4.69) is 46.6 Å². The Hall–Kier alpha value is -1.60. The van der Waals surface area contributed by atoms with Crippen molar-refractivity contribution in [2.45, 2.75) is 13.0 Å². The summed E-state index contributed by atoms with van der Waals surface area (Å²) in [5.41, 5.74) is 1.17. The van der Waals surface area contributed by atoms with Gasteiger partial charge in [0.1, 0.15) is 0 Å². The van der Waals surface area contributed by atoms with Crippen LogP contribution in [-0.4, -0.2) is 68.1 Å². The summed E-state index contributed by atoms with van der Waals surface area (Å²) in [4.78, 5) is 6.80. The number of guanidine groups is 1. The highest BCUT2D eigenvalue weighted by atomic mass is 16.5. The maximum atomic E-state index is 5.04. The number of hydrogen-bond acceptors (Lipinski definition) is 4. The highest BCUT2D eigenvalue weighted by Gasteiger charge is 2.15. The third kappa shape index (κ3) is 6.14. The summed E-state index contributed by atoms with van der Waals surface area (Å²) in [6, 6.07) is 0.205. The molecule has 0 aromatic carbocycles. The molecule has 0 saturated heterocycles. The summed E-state index contributed by atoms with van der Waals surface area (Å²) in [6.07, 6.45) is 3.93. The topological polar surface area (TPSA) is 66.7 Å². The van der Waals surface area contributed by atoms with E-state index in [1.54, 1.807) is 7.11 Å². The van der Waals surface area contributed by atoms with Gasteiger partial charge in [-0.05, 0) is 21.0 Å². The molecular formula is C14H28N6O. The number of hydrogen-bond donors (Lipinski definition) is 2. The Morgan fingerprint density at radius 3 is 2.76 bits per heavy atom. The van der Waals surface area contributed by atoms with Gasteiger partial charge in [0.25, 0.3) is 0 Å². The first kappa shape index (κ1) is 17.5. The molecule has 0 radical (unpaired) electrons. The Kier molecular flexibility index (Phi) is 7.78. The summed E-state index contributed by atoms with van der Waals surface area (Å²) >= 11 is 0. The van der Waals surface area contributed by atoms with Gasteiger partial charge in [-0.15, -0.1) is 0 Å². The van der Waals surface area contributed by atoms with E-state index in [0.29, 0.717) is 13.2 Å². The standard InChI is InChI=1S/C14H28N6O/c1-6-15-14(16-7-8-21-5)17-10-13(19(2)3)12-9-18-20(4)11-12/h9,11,13H,6-8,10H2,1-5H3,(H2,15,16,17). The summed E-state index contributed by atoms with van der Waals surface area (Å²) in [5, 5.41) is 10.7. The van der Waals surface area contributed by atoms with Crippen LogP contribution < -0.4 is 10.6 Å². The van der Waals surface area contributed by atoms with E-state index in [1.807, 2.05) is 24.1 Å². The van der Waals surface area contributed by atoms with Gasteiger partial charge in [-0.3, -0.25) is 9.67 Å².